The van der Waals surface area contributed by atoms with Gasteiger partial charge in [-0.05, 0) is 49.2 Å². The fourth-order valence-corrected chi connectivity index (χ4v) is 2.75. The van der Waals surface area contributed by atoms with Crippen molar-refractivity contribution in [2.45, 2.75) is 20.5 Å². The zero-order valence-corrected chi connectivity index (χ0v) is 14.3. The van der Waals surface area contributed by atoms with Crippen LogP contribution >= 0.6 is 11.6 Å². The van der Waals surface area contributed by atoms with Crippen LogP contribution in [0.2, 0.25) is 5.02 Å². The van der Waals surface area contributed by atoms with E-state index in [9.17, 15) is 14.0 Å². The highest BCUT2D eigenvalue weighted by Gasteiger charge is 2.18. The van der Waals surface area contributed by atoms with Gasteiger partial charge in [-0.3, -0.25) is 0 Å². The molecule has 0 N–H and O–H groups in total. The van der Waals surface area contributed by atoms with Crippen LogP contribution < -0.4 is 5.63 Å². The van der Waals surface area contributed by atoms with Gasteiger partial charge in [0.2, 0.25) is 0 Å². The highest BCUT2D eigenvalue weighted by molar-refractivity contribution is 6.33. The quantitative estimate of drug-likeness (QED) is 0.507. The number of fused-ring (bicyclic) bond motifs is 1. The molecular weight excluding hydrogens is 347 g/mol. The van der Waals surface area contributed by atoms with Crippen molar-refractivity contribution in [3.05, 3.63) is 79.9 Å². The van der Waals surface area contributed by atoms with Gasteiger partial charge in [0, 0.05) is 17.0 Å². The molecule has 0 saturated carbocycles. The molecule has 0 saturated heterocycles. The van der Waals surface area contributed by atoms with E-state index in [-0.39, 0.29) is 17.2 Å². The van der Waals surface area contributed by atoms with E-state index < -0.39 is 17.4 Å². The first kappa shape index (κ1) is 17.2. The molecule has 0 bridgehead atoms. The van der Waals surface area contributed by atoms with E-state index in [1.807, 2.05) is 19.9 Å². The molecule has 0 fully saturated rings. The summed E-state index contributed by atoms with van der Waals surface area (Å²) < 4.78 is 24.1. The van der Waals surface area contributed by atoms with Crippen molar-refractivity contribution in [3.8, 4) is 0 Å². The van der Waals surface area contributed by atoms with Crippen LogP contribution in [0.5, 0.6) is 0 Å². The van der Waals surface area contributed by atoms with Crippen LogP contribution in [0.25, 0.3) is 11.0 Å². The van der Waals surface area contributed by atoms with E-state index in [1.54, 1.807) is 6.07 Å². The number of aryl methyl sites for hydroxylation is 2. The third-order valence-corrected chi connectivity index (χ3v) is 4.29. The lowest BCUT2D eigenvalue weighted by atomic mass is 10.0. The average Bonchev–Trinajstić information content (AvgIpc) is 2.54. The Morgan fingerprint density at radius 3 is 2.64 bits per heavy atom. The maximum Gasteiger partial charge on any atom is 0.342 e. The van der Waals surface area contributed by atoms with Crippen LogP contribution in [-0.2, 0) is 11.3 Å². The van der Waals surface area contributed by atoms with E-state index >= 15 is 0 Å². The smallest absolute Gasteiger partial charge is 0.342 e. The molecule has 4 nitrogen and oxygen atoms in total. The number of hydrogen-bond acceptors (Lipinski definition) is 4. The molecule has 2 aromatic carbocycles. The van der Waals surface area contributed by atoms with Gasteiger partial charge >= 0.3 is 11.6 Å². The molecule has 0 amide bonds. The number of hydrogen-bond donors (Lipinski definition) is 0. The minimum absolute atomic E-state index is 0.0334. The van der Waals surface area contributed by atoms with E-state index in [4.69, 9.17) is 20.8 Å². The SMILES string of the molecule is Cc1cc2oc(=O)cc(COC(=O)c3c(F)cccc3Cl)c2cc1C. The Bertz CT molecular complexity index is 1020. The van der Waals surface area contributed by atoms with Gasteiger partial charge in [-0.2, -0.15) is 0 Å². The molecular formula is C19H14ClFO4. The monoisotopic (exact) mass is 360 g/mol. The molecule has 0 unspecified atom stereocenters. The number of benzene rings is 2. The molecule has 0 aliphatic heterocycles. The van der Waals surface area contributed by atoms with Gasteiger partial charge in [-0.15, -0.1) is 0 Å². The summed E-state index contributed by atoms with van der Waals surface area (Å²) in [7, 11) is 0. The number of carbonyl (C=O) groups is 1. The second kappa shape index (κ2) is 6.69. The zero-order chi connectivity index (χ0) is 18.1. The van der Waals surface area contributed by atoms with Gasteiger partial charge in [0.05, 0.1) is 5.02 Å². The van der Waals surface area contributed by atoms with Crippen molar-refractivity contribution >= 4 is 28.5 Å². The standard InChI is InChI=1S/C19H14ClFO4/c1-10-6-13-12(8-17(22)25-16(13)7-11(10)2)9-24-19(23)18-14(20)4-3-5-15(18)21/h3-8H,9H2,1-2H3. The average molecular weight is 361 g/mol. The number of rotatable bonds is 3. The van der Waals surface area contributed by atoms with Crippen molar-refractivity contribution in [2.75, 3.05) is 0 Å². The third kappa shape index (κ3) is 3.42. The lowest BCUT2D eigenvalue weighted by Gasteiger charge is -2.10. The van der Waals surface area contributed by atoms with Gasteiger partial charge in [-0.1, -0.05) is 17.7 Å². The minimum atomic E-state index is -0.895. The fourth-order valence-electron chi connectivity index (χ4n) is 2.51. The fraction of sp³-hybridized carbons (Fsp3) is 0.158. The number of carbonyl (C=O) groups excluding carboxylic acids is 1. The van der Waals surface area contributed by atoms with Crippen molar-refractivity contribution in [1.29, 1.82) is 0 Å². The molecule has 1 heterocycles. The van der Waals surface area contributed by atoms with Crippen LogP contribution in [0.4, 0.5) is 4.39 Å². The summed E-state index contributed by atoms with van der Waals surface area (Å²) in [6, 6.07) is 8.79. The lowest BCUT2D eigenvalue weighted by Crippen LogP contribution is -2.10. The van der Waals surface area contributed by atoms with Gasteiger partial charge in [0.15, 0.2) is 0 Å². The molecule has 1 aromatic heterocycles. The normalized spacial score (nSPS) is 10.9. The Hall–Kier alpha value is -2.66. The molecule has 0 aliphatic carbocycles. The summed E-state index contributed by atoms with van der Waals surface area (Å²) >= 11 is 5.86. The van der Waals surface area contributed by atoms with Crippen LogP contribution in [-0.4, -0.2) is 5.97 Å². The summed E-state index contributed by atoms with van der Waals surface area (Å²) in [6.07, 6.45) is 0. The molecule has 3 aromatic rings. The van der Waals surface area contributed by atoms with Crippen molar-refractivity contribution < 1.29 is 18.3 Å². The Kier molecular flexibility index (Phi) is 4.59. The van der Waals surface area contributed by atoms with Gasteiger partial charge < -0.3 is 9.15 Å². The van der Waals surface area contributed by atoms with Crippen molar-refractivity contribution in [3.63, 3.8) is 0 Å². The first-order chi connectivity index (χ1) is 11.9. The van der Waals surface area contributed by atoms with Crippen LogP contribution in [0.15, 0.2) is 45.6 Å². The molecule has 6 heteroatoms. The maximum absolute atomic E-state index is 13.8. The first-order valence-corrected chi connectivity index (χ1v) is 7.89. The predicted molar refractivity (Wildman–Crippen MR) is 92.5 cm³/mol. The Morgan fingerprint density at radius 2 is 1.92 bits per heavy atom. The van der Waals surface area contributed by atoms with Crippen LogP contribution in [0, 0.1) is 19.7 Å². The Labute approximate surface area is 147 Å². The molecule has 3 rings (SSSR count). The first-order valence-electron chi connectivity index (χ1n) is 7.52. The Morgan fingerprint density at radius 1 is 1.20 bits per heavy atom. The van der Waals surface area contributed by atoms with Gasteiger partial charge in [-0.25, -0.2) is 14.0 Å². The summed E-state index contributed by atoms with van der Waals surface area (Å²) in [5, 5.41) is 0.629. The minimum Gasteiger partial charge on any atom is -0.457 e. The highest BCUT2D eigenvalue weighted by atomic mass is 35.5. The van der Waals surface area contributed by atoms with E-state index in [1.165, 1.54) is 18.2 Å². The van der Waals surface area contributed by atoms with Gasteiger partial charge in [0.25, 0.3) is 0 Å². The number of esters is 1. The second-order valence-corrected chi connectivity index (χ2v) is 6.10. The zero-order valence-electron chi connectivity index (χ0n) is 13.6. The molecule has 25 heavy (non-hydrogen) atoms. The van der Waals surface area contributed by atoms with Crippen molar-refractivity contribution in [1.82, 2.24) is 0 Å². The number of ether oxygens (including phenoxy) is 1. The molecule has 0 aliphatic rings. The van der Waals surface area contributed by atoms with Crippen molar-refractivity contribution in [2.24, 2.45) is 0 Å². The summed E-state index contributed by atoms with van der Waals surface area (Å²) in [5.74, 6) is -1.66. The summed E-state index contributed by atoms with van der Waals surface area (Å²) in [4.78, 5) is 23.9. The highest BCUT2D eigenvalue weighted by Crippen LogP contribution is 2.24. The molecule has 0 spiro atoms. The van der Waals surface area contributed by atoms with Gasteiger partial charge in [0.1, 0.15) is 23.6 Å². The molecule has 0 atom stereocenters. The number of halogens is 2. The Balaban J connectivity index is 1.95. The summed E-state index contributed by atoms with van der Waals surface area (Å²) in [5.41, 5.74) is 1.99. The third-order valence-electron chi connectivity index (χ3n) is 3.97. The van der Waals surface area contributed by atoms with E-state index in [0.29, 0.717) is 16.5 Å². The van der Waals surface area contributed by atoms with Crippen LogP contribution in [0.3, 0.4) is 0 Å². The second-order valence-electron chi connectivity index (χ2n) is 5.70. The van der Waals surface area contributed by atoms with E-state index in [2.05, 4.69) is 0 Å². The molecule has 0 radical (unpaired) electrons. The van der Waals surface area contributed by atoms with E-state index in [0.717, 1.165) is 17.2 Å². The topological polar surface area (TPSA) is 56.5 Å². The lowest BCUT2D eigenvalue weighted by molar-refractivity contribution is 0.0468. The summed E-state index contributed by atoms with van der Waals surface area (Å²) in [6.45, 7) is 3.63. The van der Waals surface area contributed by atoms with Crippen LogP contribution in [0.1, 0.15) is 27.0 Å². The molecule has 128 valence electrons. The largest absolute Gasteiger partial charge is 0.457 e. The predicted octanol–water partition coefficient (Wildman–Crippen LogP) is 4.56. The maximum atomic E-state index is 13.8.